The predicted octanol–water partition coefficient (Wildman–Crippen LogP) is 2.52. The molecule has 0 saturated heterocycles. The van der Waals surface area contributed by atoms with E-state index < -0.39 is 0 Å². The second-order valence-corrected chi connectivity index (χ2v) is 4.09. The topological polar surface area (TPSA) is 45.8 Å². The van der Waals surface area contributed by atoms with Crippen LogP contribution in [0.5, 0.6) is 0 Å². The molecule has 0 aliphatic carbocycles. The van der Waals surface area contributed by atoms with Crippen LogP contribution in [0.1, 0.15) is 11.3 Å². The Morgan fingerprint density at radius 2 is 2.24 bits per heavy atom. The van der Waals surface area contributed by atoms with Gasteiger partial charge in [0.15, 0.2) is 0 Å². The predicted molar refractivity (Wildman–Crippen MR) is 70.1 cm³/mol. The summed E-state index contributed by atoms with van der Waals surface area (Å²) in [7, 11) is 0. The number of benzene rings is 1. The van der Waals surface area contributed by atoms with Crippen LogP contribution >= 0.6 is 0 Å². The molecule has 0 fully saturated rings. The van der Waals surface area contributed by atoms with Gasteiger partial charge in [0.05, 0.1) is 11.1 Å². The first kappa shape index (κ1) is 11.3. The molecular weight excluding hydrogens is 212 g/mol. The first-order chi connectivity index (χ1) is 8.11. The second-order valence-electron chi connectivity index (χ2n) is 4.09. The van der Waals surface area contributed by atoms with Crippen molar-refractivity contribution in [1.29, 1.82) is 0 Å². The van der Waals surface area contributed by atoms with Crippen molar-refractivity contribution in [3.63, 3.8) is 0 Å². The Labute approximate surface area is 99.5 Å². The maximum atomic E-state index is 11.6. The minimum absolute atomic E-state index is 0.159. The minimum Gasteiger partial charge on any atom is -0.267 e. The van der Waals surface area contributed by atoms with E-state index in [0.717, 1.165) is 22.2 Å². The number of allylic oxidation sites excluding steroid dienone is 2. The molecule has 0 atom stereocenters. The molecule has 17 heavy (non-hydrogen) atoms. The smallest absolute Gasteiger partial charge is 0.267 e. The zero-order chi connectivity index (χ0) is 12.4. The van der Waals surface area contributed by atoms with Crippen LogP contribution in [0.25, 0.3) is 10.8 Å². The summed E-state index contributed by atoms with van der Waals surface area (Å²) in [4.78, 5) is 11.6. The first-order valence-corrected chi connectivity index (χ1v) is 5.40. The quantitative estimate of drug-likeness (QED) is 0.817. The van der Waals surface area contributed by atoms with E-state index in [9.17, 15) is 4.79 Å². The van der Waals surface area contributed by atoms with Gasteiger partial charge in [0, 0.05) is 11.8 Å². The standard InChI is InChI=1S/C14H14N2O/c1-4-9(2)8-13-12-7-10(3)5-6-11(12)14(17)16-15-13/h4-7H,1-2,8H2,3H3,(H,16,17). The Morgan fingerprint density at radius 3 is 2.94 bits per heavy atom. The van der Waals surface area contributed by atoms with Crippen LogP contribution in [-0.4, -0.2) is 10.2 Å². The molecule has 0 bridgehead atoms. The van der Waals surface area contributed by atoms with Crippen LogP contribution in [0.3, 0.4) is 0 Å². The summed E-state index contributed by atoms with van der Waals surface area (Å²) in [5.41, 5.74) is 2.66. The van der Waals surface area contributed by atoms with Crippen molar-refractivity contribution < 1.29 is 0 Å². The number of H-pyrrole nitrogens is 1. The van der Waals surface area contributed by atoms with Gasteiger partial charge in [0.1, 0.15) is 0 Å². The van der Waals surface area contributed by atoms with Gasteiger partial charge in [-0.2, -0.15) is 5.10 Å². The Morgan fingerprint density at radius 1 is 1.47 bits per heavy atom. The molecule has 2 rings (SSSR count). The Hall–Kier alpha value is -2.16. The molecule has 0 radical (unpaired) electrons. The maximum Gasteiger partial charge on any atom is 0.272 e. The van der Waals surface area contributed by atoms with Gasteiger partial charge in [-0.1, -0.05) is 30.9 Å². The molecule has 0 aliphatic heterocycles. The third kappa shape index (κ3) is 2.18. The lowest BCUT2D eigenvalue weighted by Crippen LogP contribution is -2.11. The Balaban J connectivity index is 2.67. The second kappa shape index (κ2) is 4.37. The molecule has 3 heteroatoms. The molecule has 1 aromatic heterocycles. The van der Waals surface area contributed by atoms with Gasteiger partial charge in [-0.3, -0.25) is 4.79 Å². The highest BCUT2D eigenvalue weighted by Gasteiger charge is 2.06. The molecule has 0 aliphatic rings. The van der Waals surface area contributed by atoms with Crippen molar-refractivity contribution in [2.24, 2.45) is 0 Å². The average Bonchev–Trinajstić information content (AvgIpc) is 2.32. The van der Waals surface area contributed by atoms with Crippen molar-refractivity contribution in [2.45, 2.75) is 13.3 Å². The first-order valence-electron chi connectivity index (χ1n) is 5.40. The lowest BCUT2D eigenvalue weighted by molar-refractivity contribution is 0.935. The lowest BCUT2D eigenvalue weighted by atomic mass is 10.0. The highest BCUT2D eigenvalue weighted by molar-refractivity contribution is 5.84. The van der Waals surface area contributed by atoms with Crippen molar-refractivity contribution in [2.75, 3.05) is 0 Å². The summed E-state index contributed by atoms with van der Waals surface area (Å²) in [6, 6.07) is 5.72. The highest BCUT2D eigenvalue weighted by Crippen LogP contribution is 2.17. The SMILES string of the molecule is C=CC(=C)Cc1n[nH]c(=O)c2ccc(C)cc12. The van der Waals surface area contributed by atoms with Gasteiger partial charge in [0.2, 0.25) is 0 Å². The van der Waals surface area contributed by atoms with Gasteiger partial charge >= 0.3 is 0 Å². The zero-order valence-electron chi connectivity index (χ0n) is 9.79. The van der Waals surface area contributed by atoms with Crippen LogP contribution < -0.4 is 5.56 Å². The van der Waals surface area contributed by atoms with Gasteiger partial charge < -0.3 is 0 Å². The number of hydrogen-bond acceptors (Lipinski definition) is 2. The largest absolute Gasteiger partial charge is 0.272 e. The van der Waals surface area contributed by atoms with Crippen molar-refractivity contribution in [3.8, 4) is 0 Å². The monoisotopic (exact) mass is 226 g/mol. The maximum absolute atomic E-state index is 11.6. The number of fused-ring (bicyclic) bond motifs is 1. The molecule has 3 nitrogen and oxygen atoms in total. The van der Waals surface area contributed by atoms with E-state index in [0.29, 0.717) is 11.8 Å². The lowest BCUT2D eigenvalue weighted by Gasteiger charge is -2.05. The summed E-state index contributed by atoms with van der Waals surface area (Å²) in [6.45, 7) is 9.54. The molecule has 0 amide bonds. The van der Waals surface area contributed by atoms with E-state index in [4.69, 9.17) is 0 Å². The molecule has 0 unspecified atom stereocenters. The summed E-state index contributed by atoms with van der Waals surface area (Å²) in [6.07, 6.45) is 2.30. The summed E-state index contributed by atoms with van der Waals surface area (Å²) < 4.78 is 0. The number of aryl methyl sites for hydroxylation is 1. The van der Waals surface area contributed by atoms with E-state index in [-0.39, 0.29) is 5.56 Å². The Kier molecular flexibility index (Phi) is 2.91. The fourth-order valence-corrected chi connectivity index (χ4v) is 1.76. The van der Waals surface area contributed by atoms with E-state index >= 15 is 0 Å². The molecular formula is C14H14N2O. The van der Waals surface area contributed by atoms with Crippen LogP contribution in [0, 0.1) is 6.92 Å². The van der Waals surface area contributed by atoms with E-state index in [1.165, 1.54) is 0 Å². The van der Waals surface area contributed by atoms with Gasteiger partial charge in [-0.15, -0.1) is 0 Å². The summed E-state index contributed by atoms with van der Waals surface area (Å²) in [5, 5.41) is 8.15. The third-order valence-corrected chi connectivity index (χ3v) is 2.71. The van der Waals surface area contributed by atoms with Gasteiger partial charge in [0.25, 0.3) is 5.56 Å². The average molecular weight is 226 g/mol. The Bertz CT molecular complexity index is 653. The summed E-state index contributed by atoms with van der Waals surface area (Å²) >= 11 is 0. The number of nitrogens with zero attached hydrogens (tertiary/aromatic N) is 1. The van der Waals surface area contributed by atoms with E-state index in [2.05, 4.69) is 23.4 Å². The van der Waals surface area contributed by atoms with Gasteiger partial charge in [-0.05, 0) is 24.6 Å². The summed E-state index contributed by atoms with van der Waals surface area (Å²) in [5.74, 6) is 0. The molecule has 86 valence electrons. The number of aromatic nitrogens is 2. The normalized spacial score (nSPS) is 10.4. The third-order valence-electron chi connectivity index (χ3n) is 2.71. The zero-order valence-corrected chi connectivity index (χ0v) is 9.79. The van der Waals surface area contributed by atoms with Crippen LogP contribution in [0.15, 0.2) is 47.8 Å². The minimum atomic E-state index is -0.159. The van der Waals surface area contributed by atoms with E-state index in [1.807, 2.05) is 25.1 Å². The molecule has 0 spiro atoms. The van der Waals surface area contributed by atoms with Crippen LogP contribution in [0.4, 0.5) is 0 Å². The fraction of sp³-hybridized carbons (Fsp3) is 0.143. The molecule has 1 aromatic carbocycles. The molecule has 0 saturated carbocycles. The van der Waals surface area contributed by atoms with Crippen LogP contribution in [-0.2, 0) is 6.42 Å². The highest BCUT2D eigenvalue weighted by atomic mass is 16.1. The van der Waals surface area contributed by atoms with Crippen LogP contribution in [0.2, 0.25) is 0 Å². The molecule has 1 heterocycles. The van der Waals surface area contributed by atoms with Gasteiger partial charge in [-0.25, -0.2) is 5.10 Å². The van der Waals surface area contributed by atoms with E-state index in [1.54, 1.807) is 6.08 Å². The van der Waals surface area contributed by atoms with Crippen molar-refractivity contribution >= 4 is 10.8 Å². The molecule has 1 N–H and O–H groups in total. The number of nitrogens with one attached hydrogen (secondary N) is 1. The van der Waals surface area contributed by atoms with Crippen molar-refractivity contribution in [1.82, 2.24) is 10.2 Å². The van der Waals surface area contributed by atoms with Crippen molar-refractivity contribution in [3.05, 3.63) is 64.6 Å². The number of aromatic amines is 1. The number of rotatable bonds is 3. The fourth-order valence-electron chi connectivity index (χ4n) is 1.76. The number of hydrogen-bond donors (Lipinski definition) is 1. The molecule has 2 aromatic rings.